The molecule has 0 radical (unpaired) electrons. The maximum atomic E-state index is 14.1. The van der Waals surface area contributed by atoms with Crippen molar-refractivity contribution in [2.24, 2.45) is 36.5 Å². The Bertz CT molecular complexity index is 1320. The van der Waals surface area contributed by atoms with E-state index in [0.29, 0.717) is 56.3 Å². The van der Waals surface area contributed by atoms with Gasteiger partial charge in [0.1, 0.15) is 18.4 Å². The number of hydrogen-bond acceptors (Lipinski definition) is 6. The molecule has 2 aliphatic carbocycles. The Balaban J connectivity index is 1.30. The van der Waals surface area contributed by atoms with Gasteiger partial charge in [0.25, 0.3) is 0 Å². The topological polar surface area (TPSA) is 116 Å². The molecular formula is C35H51FN4O5. The van der Waals surface area contributed by atoms with Crippen molar-refractivity contribution in [3.8, 4) is 0 Å². The van der Waals surface area contributed by atoms with E-state index in [-0.39, 0.29) is 36.2 Å². The van der Waals surface area contributed by atoms with Gasteiger partial charge in [-0.15, -0.1) is 0 Å². The summed E-state index contributed by atoms with van der Waals surface area (Å²) in [5, 5.41) is 3.97. The van der Waals surface area contributed by atoms with Gasteiger partial charge in [0.05, 0.1) is 6.61 Å². The number of fused-ring (bicyclic) bond motifs is 1. The van der Waals surface area contributed by atoms with E-state index >= 15 is 0 Å². The van der Waals surface area contributed by atoms with E-state index in [9.17, 15) is 18.8 Å². The zero-order valence-corrected chi connectivity index (χ0v) is 27.0. The molecule has 1 saturated heterocycles. The summed E-state index contributed by atoms with van der Waals surface area (Å²) in [4.78, 5) is 42.7. The second-order valence-electron chi connectivity index (χ2n) is 13.3. The minimum atomic E-state index is -0.532. The SMILES string of the molecule is CCOCCCOC(=O)c1cc2cc(NC(=O)[C@@H]3[C@H](C4CCCCC4)CCN3C(=O)[C@H]3CC[C@H]([C@H](N)CF)CC3)ccc2n1C. The number of aryl methyl sites for hydroxylation is 1. The first-order chi connectivity index (χ1) is 21.8. The zero-order chi connectivity index (χ0) is 31.9. The van der Waals surface area contributed by atoms with Crippen LogP contribution in [-0.4, -0.2) is 72.4 Å². The normalized spacial score (nSPS) is 24.9. The molecule has 1 aliphatic heterocycles. The third kappa shape index (κ3) is 7.71. The van der Waals surface area contributed by atoms with Gasteiger partial charge in [-0.25, -0.2) is 9.18 Å². The number of nitrogens with two attached hydrogens (primary N) is 1. The molecule has 3 atom stereocenters. The molecule has 45 heavy (non-hydrogen) atoms. The maximum Gasteiger partial charge on any atom is 0.354 e. The number of amides is 2. The van der Waals surface area contributed by atoms with Gasteiger partial charge in [-0.05, 0) is 81.0 Å². The smallest absolute Gasteiger partial charge is 0.354 e. The largest absolute Gasteiger partial charge is 0.461 e. The summed E-state index contributed by atoms with van der Waals surface area (Å²) in [6.07, 6.45) is 10.1. The monoisotopic (exact) mass is 626 g/mol. The number of alkyl halides is 1. The number of benzene rings is 1. The number of likely N-dealkylation sites (tertiary alicyclic amines) is 1. The summed E-state index contributed by atoms with van der Waals surface area (Å²) in [5.74, 6) is 0.0534. The number of ether oxygens (including phenoxy) is 2. The van der Waals surface area contributed by atoms with Gasteiger partial charge in [-0.1, -0.05) is 32.1 Å². The highest BCUT2D eigenvalue weighted by Crippen LogP contribution is 2.41. The van der Waals surface area contributed by atoms with Gasteiger partial charge in [0.2, 0.25) is 11.8 Å². The number of nitrogens with one attached hydrogen (secondary N) is 1. The van der Waals surface area contributed by atoms with E-state index in [1.54, 1.807) is 10.6 Å². The fourth-order valence-electron chi connectivity index (χ4n) is 7.99. The second kappa shape index (κ2) is 15.5. The quantitative estimate of drug-likeness (QED) is 0.234. The van der Waals surface area contributed by atoms with E-state index in [0.717, 1.165) is 43.0 Å². The van der Waals surface area contributed by atoms with Crippen molar-refractivity contribution in [3.05, 3.63) is 30.0 Å². The van der Waals surface area contributed by atoms with Gasteiger partial charge < -0.3 is 30.0 Å². The van der Waals surface area contributed by atoms with Crippen molar-refractivity contribution < 1.29 is 28.2 Å². The van der Waals surface area contributed by atoms with E-state index in [1.165, 1.54) is 19.3 Å². The number of anilines is 1. The van der Waals surface area contributed by atoms with Crippen LogP contribution < -0.4 is 11.1 Å². The van der Waals surface area contributed by atoms with Crippen molar-refractivity contribution in [2.75, 3.05) is 38.4 Å². The molecule has 248 valence electrons. The first-order valence-electron chi connectivity index (χ1n) is 17.1. The van der Waals surface area contributed by atoms with E-state index in [2.05, 4.69) is 5.32 Å². The average molecular weight is 627 g/mol. The van der Waals surface area contributed by atoms with Crippen molar-refractivity contribution in [2.45, 2.75) is 89.6 Å². The predicted octanol–water partition coefficient (Wildman–Crippen LogP) is 5.60. The van der Waals surface area contributed by atoms with E-state index in [4.69, 9.17) is 15.2 Å². The van der Waals surface area contributed by atoms with Crippen molar-refractivity contribution in [1.82, 2.24) is 9.47 Å². The number of rotatable bonds is 12. The molecule has 5 rings (SSSR count). The molecule has 2 saturated carbocycles. The lowest BCUT2D eigenvalue weighted by molar-refractivity contribution is -0.142. The van der Waals surface area contributed by atoms with Crippen LogP contribution in [0.15, 0.2) is 24.3 Å². The summed E-state index contributed by atoms with van der Waals surface area (Å²) in [6.45, 7) is 3.45. The molecule has 3 fully saturated rings. The molecule has 0 bridgehead atoms. The Hall–Kier alpha value is -2.98. The molecule has 1 aromatic heterocycles. The zero-order valence-electron chi connectivity index (χ0n) is 27.0. The van der Waals surface area contributed by atoms with Crippen LogP contribution >= 0.6 is 0 Å². The summed E-state index contributed by atoms with van der Waals surface area (Å²) in [6, 6.07) is 6.44. The second-order valence-corrected chi connectivity index (χ2v) is 13.3. The molecule has 0 spiro atoms. The van der Waals surface area contributed by atoms with E-state index < -0.39 is 24.7 Å². The Morgan fingerprint density at radius 1 is 1.02 bits per heavy atom. The average Bonchev–Trinajstić information content (AvgIpc) is 3.66. The van der Waals surface area contributed by atoms with Crippen molar-refractivity contribution >= 4 is 34.4 Å². The lowest BCUT2D eigenvalue weighted by Gasteiger charge is -2.36. The minimum absolute atomic E-state index is 0.0589. The molecule has 2 aromatic rings. The Morgan fingerprint density at radius 3 is 2.49 bits per heavy atom. The molecule has 2 amide bonds. The van der Waals surface area contributed by atoms with Gasteiger partial charge >= 0.3 is 5.97 Å². The molecule has 9 nitrogen and oxygen atoms in total. The molecule has 3 N–H and O–H groups in total. The predicted molar refractivity (Wildman–Crippen MR) is 173 cm³/mol. The lowest BCUT2D eigenvalue weighted by atomic mass is 9.76. The van der Waals surface area contributed by atoms with Crippen LogP contribution in [0.25, 0.3) is 10.9 Å². The van der Waals surface area contributed by atoms with Crippen LogP contribution in [0.4, 0.5) is 10.1 Å². The number of aromatic nitrogens is 1. The summed E-state index contributed by atoms with van der Waals surface area (Å²) in [7, 11) is 1.83. The number of hydrogen-bond donors (Lipinski definition) is 2. The van der Waals surface area contributed by atoms with Gasteiger partial charge in [0, 0.05) is 61.8 Å². The first kappa shape index (κ1) is 33.4. The number of esters is 1. The maximum absolute atomic E-state index is 14.1. The third-order valence-corrected chi connectivity index (χ3v) is 10.5. The summed E-state index contributed by atoms with van der Waals surface area (Å²) < 4.78 is 25.7. The van der Waals surface area contributed by atoms with Crippen LogP contribution in [0.5, 0.6) is 0 Å². The Kier molecular flexibility index (Phi) is 11.5. The van der Waals surface area contributed by atoms with Gasteiger partial charge in [-0.2, -0.15) is 0 Å². The molecule has 1 aromatic carbocycles. The highest BCUT2D eigenvalue weighted by Gasteiger charge is 2.47. The molecule has 0 unspecified atom stereocenters. The molecule has 2 heterocycles. The lowest BCUT2D eigenvalue weighted by Crippen LogP contribution is -2.50. The van der Waals surface area contributed by atoms with Gasteiger partial charge in [-0.3, -0.25) is 9.59 Å². The highest BCUT2D eigenvalue weighted by atomic mass is 19.1. The first-order valence-corrected chi connectivity index (χ1v) is 17.1. The Morgan fingerprint density at radius 2 is 1.78 bits per heavy atom. The summed E-state index contributed by atoms with van der Waals surface area (Å²) in [5.41, 5.74) is 7.90. The van der Waals surface area contributed by atoms with Crippen LogP contribution in [-0.2, 0) is 26.1 Å². The molecule has 3 aliphatic rings. The fourth-order valence-corrected chi connectivity index (χ4v) is 7.99. The van der Waals surface area contributed by atoms with Crippen LogP contribution in [0, 0.1) is 23.7 Å². The third-order valence-electron chi connectivity index (χ3n) is 10.5. The Labute approximate surface area is 266 Å². The number of nitrogens with zero attached hydrogens (tertiary/aromatic N) is 2. The number of halogens is 1. The van der Waals surface area contributed by atoms with E-state index in [1.807, 2.05) is 37.1 Å². The molecule has 10 heteroatoms. The van der Waals surface area contributed by atoms with Crippen LogP contribution in [0.3, 0.4) is 0 Å². The highest BCUT2D eigenvalue weighted by molar-refractivity contribution is 6.01. The number of carbonyl (C=O) groups excluding carboxylic acids is 3. The van der Waals surface area contributed by atoms with Gasteiger partial charge in [0.15, 0.2) is 0 Å². The number of carbonyl (C=O) groups is 3. The van der Waals surface area contributed by atoms with Crippen molar-refractivity contribution in [1.29, 1.82) is 0 Å². The standard InChI is InChI=1S/C35H51FN4O5/c1-3-44-18-7-19-45-35(43)31-21-26-20-27(14-15-30(26)39(31)2)38-33(41)32-28(23-8-5-4-6-9-23)16-17-40(32)34(42)25-12-10-24(11-13-25)29(37)22-36/h14-15,20-21,23-25,28-29,32H,3-13,16-19,22,37H2,1-2H3,(H,38,41)/t24-,25-,28-,29+,32-/m0/s1. The minimum Gasteiger partial charge on any atom is -0.461 e. The fraction of sp³-hybridized carbons (Fsp3) is 0.686. The summed E-state index contributed by atoms with van der Waals surface area (Å²) >= 11 is 0. The van der Waals surface area contributed by atoms with Crippen LogP contribution in [0.1, 0.15) is 88.0 Å². The molecular weight excluding hydrogens is 575 g/mol. The van der Waals surface area contributed by atoms with Crippen molar-refractivity contribution in [3.63, 3.8) is 0 Å². The van der Waals surface area contributed by atoms with Crippen LogP contribution in [0.2, 0.25) is 0 Å².